The first kappa shape index (κ1) is 20.2. The molecule has 5 nitrogen and oxygen atoms in total. The lowest BCUT2D eigenvalue weighted by atomic mass is 10.1. The van der Waals surface area contributed by atoms with Gasteiger partial charge in [-0.25, -0.2) is 4.98 Å². The number of pyridine rings is 1. The van der Waals surface area contributed by atoms with Crippen LogP contribution in [-0.4, -0.2) is 36.6 Å². The lowest BCUT2D eigenvalue weighted by Gasteiger charge is -2.19. The van der Waals surface area contributed by atoms with E-state index < -0.39 is 0 Å². The fourth-order valence-corrected chi connectivity index (χ4v) is 2.37. The highest BCUT2D eigenvalue weighted by Crippen LogP contribution is 2.25. The maximum atomic E-state index is 11.8. The number of nitrogens with one attached hydrogen (secondary N) is 1. The molecule has 21 heavy (non-hydrogen) atoms. The van der Waals surface area contributed by atoms with Crippen LogP contribution >= 0.6 is 36.4 Å². The van der Waals surface area contributed by atoms with Crippen LogP contribution in [0.2, 0.25) is 5.02 Å². The molecule has 1 aromatic heterocycles. The average molecular weight is 356 g/mol. The second-order valence-corrected chi connectivity index (χ2v) is 5.29. The van der Waals surface area contributed by atoms with Crippen molar-refractivity contribution < 1.29 is 4.79 Å². The Balaban J connectivity index is 0.00000200. The second-order valence-electron chi connectivity index (χ2n) is 4.89. The van der Waals surface area contributed by atoms with Crippen molar-refractivity contribution in [1.82, 2.24) is 10.3 Å². The van der Waals surface area contributed by atoms with Gasteiger partial charge in [-0.1, -0.05) is 18.5 Å². The Morgan fingerprint density at radius 3 is 2.95 bits per heavy atom. The molecule has 2 atom stereocenters. The molecule has 120 valence electrons. The van der Waals surface area contributed by atoms with Gasteiger partial charge in [-0.3, -0.25) is 4.79 Å². The van der Waals surface area contributed by atoms with Gasteiger partial charge in [-0.05, 0) is 18.6 Å². The highest BCUT2D eigenvalue weighted by Gasteiger charge is 2.26. The Morgan fingerprint density at radius 2 is 2.33 bits per heavy atom. The number of rotatable bonds is 4. The van der Waals surface area contributed by atoms with Gasteiger partial charge in [0.15, 0.2) is 0 Å². The molecular weight excluding hydrogens is 335 g/mol. The lowest BCUT2D eigenvalue weighted by molar-refractivity contribution is -0.124. The minimum absolute atomic E-state index is 0. The maximum Gasteiger partial charge on any atom is 0.224 e. The van der Waals surface area contributed by atoms with E-state index in [9.17, 15) is 4.79 Å². The second kappa shape index (κ2) is 9.30. The first-order chi connectivity index (χ1) is 9.11. The van der Waals surface area contributed by atoms with E-state index in [0.717, 1.165) is 25.3 Å². The van der Waals surface area contributed by atoms with Crippen LogP contribution in [-0.2, 0) is 4.79 Å². The highest BCUT2D eigenvalue weighted by molar-refractivity contribution is 6.32. The van der Waals surface area contributed by atoms with Crippen molar-refractivity contribution in [3.05, 3.63) is 23.4 Å². The van der Waals surface area contributed by atoms with Crippen molar-refractivity contribution in [2.75, 3.05) is 24.5 Å². The summed E-state index contributed by atoms with van der Waals surface area (Å²) < 4.78 is 0. The van der Waals surface area contributed by atoms with E-state index in [1.54, 1.807) is 6.20 Å². The Kier molecular flexibility index (Phi) is 8.97. The van der Waals surface area contributed by atoms with Gasteiger partial charge in [-0.15, -0.1) is 24.8 Å². The molecule has 0 aliphatic carbocycles. The van der Waals surface area contributed by atoms with E-state index >= 15 is 0 Å². The number of anilines is 1. The summed E-state index contributed by atoms with van der Waals surface area (Å²) in [6, 6.07) is 3.77. The molecule has 0 spiro atoms. The number of carbonyl (C=O) groups is 1. The summed E-state index contributed by atoms with van der Waals surface area (Å²) in [5.74, 6) is 0.654. The molecule has 1 aromatic rings. The number of carbonyl (C=O) groups excluding carboxylic acids is 1. The molecule has 0 bridgehead atoms. The number of amides is 1. The van der Waals surface area contributed by atoms with Crippen LogP contribution in [0.1, 0.15) is 13.3 Å². The topological polar surface area (TPSA) is 71.2 Å². The van der Waals surface area contributed by atoms with Crippen molar-refractivity contribution in [3.63, 3.8) is 0 Å². The minimum atomic E-state index is -0.146. The number of halogens is 3. The van der Waals surface area contributed by atoms with Gasteiger partial charge in [0.2, 0.25) is 5.91 Å². The molecule has 3 N–H and O–H groups in total. The Morgan fingerprint density at radius 1 is 1.62 bits per heavy atom. The molecule has 1 aliphatic rings. The summed E-state index contributed by atoms with van der Waals surface area (Å²) in [7, 11) is 0. The van der Waals surface area contributed by atoms with Crippen molar-refractivity contribution >= 4 is 48.1 Å². The summed E-state index contributed by atoms with van der Waals surface area (Å²) in [5, 5.41) is 3.66. The van der Waals surface area contributed by atoms with Gasteiger partial charge >= 0.3 is 0 Å². The van der Waals surface area contributed by atoms with Crippen molar-refractivity contribution in [2.45, 2.75) is 19.4 Å². The molecule has 0 aromatic carbocycles. The zero-order chi connectivity index (χ0) is 13.8. The molecule has 1 aliphatic heterocycles. The molecule has 0 saturated carbocycles. The average Bonchev–Trinajstić information content (AvgIpc) is 2.86. The molecular formula is C13H21Cl3N4O. The first-order valence-electron chi connectivity index (χ1n) is 6.47. The van der Waals surface area contributed by atoms with Gasteiger partial charge in [0, 0.05) is 37.8 Å². The number of nitrogens with zero attached hydrogens (tertiary/aromatic N) is 2. The minimum Gasteiger partial charge on any atom is -0.353 e. The molecule has 1 fully saturated rings. The highest BCUT2D eigenvalue weighted by atomic mass is 35.5. The zero-order valence-corrected chi connectivity index (χ0v) is 14.2. The summed E-state index contributed by atoms with van der Waals surface area (Å²) in [6.45, 7) is 3.78. The predicted octanol–water partition coefficient (Wildman–Crippen LogP) is 1.87. The number of nitrogens with two attached hydrogens (primary N) is 1. The quantitative estimate of drug-likeness (QED) is 0.865. The van der Waals surface area contributed by atoms with Gasteiger partial charge in [-0.2, -0.15) is 0 Å². The molecule has 8 heteroatoms. The maximum absolute atomic E-state index is 11.8. The fraction of sp³-hybridized carbons (Fsp3) is 0.538. The number of aromatic nitrogens is 1. The summed E-state index contributed by atoms with van der Waals surface area (Å²) >= 11 is 6.12. The molecule has 2 rings (SSSR count). The molecule has 0 radical (unpaired) electrons. The monoisotopic (exact) mass is 354 g/mol. The third-order valence-electron chi connectivity index (χ3n) is 3.37. The SMILES string of the molecule is CC(CN)C(=O)NC1CCN(c2ncccc2Cl)C1.Cl.Cl. The Hall–Kier alpha value is -0.750. The number of hydrogen-bond donors (Lipinski definition) is 2. The van der Waals surface area contributed by atoms with Crippen LogP contribution in [0.5, 0.6) is 0 Å². The van der Waals surface area contributed by atoms with E-state index in [1.165, 1.54) is 0 Å². The Bertz CT molecular complexity index is 461. The van der Waals surface area contributed by atoms with Crippen LogP contribution in [0.25, 0.3) is 0 Å². The third-order valence-corrected chi connectivity index (χ3v) is 3.67. The smallest absolute Gasteiger partial charge is 0.224 e. The van der Waals surface area contributed by atoms with Crippen LogP contribution < -0.4 is 16.0 Å². The van der Waals surface area contributed by atoms with Gasteiger partial charge in [0.1, 0.15) is 5.82 Å². The van der Waals surface area contributed by atoms with E-state index in [1.807, 2.05) is 19.1 Å². The van der Waals surface area contributed by atoms with Gasteiger partial charge in [0.05, 0.1) is 5.02 Å². The van der Waals surface area contributed by atoms with Crippen LogP contribution in [0, 0.1) is 5.92 Å². The van der Waals surface area contributed by atoms with E-state index in [-0.39, 0.29) is 42.7 Å². The molecule has 2 unspecified atom stereocenters. The molecule has 1 amide bonds. The fourth-order valence-electron chi connectivity index (χ4n) is 2.13. The van der Waals surface area contributed by atoms with Crippen LogP contribution in [0.4, 0.5) is 5.82 Å². The standard InChI is InChI=1S/C13H19ClN4O.2ClH/c1-9(7-15)13(19)17-10-4-6-18(8-10)12-11(14)3-2-5-16-12;;/h2-3,5,9-10H,4,6-8,15H2,1H3,(H,17,19);2*1H. The van der Waals surface area contributed by atoms with Crippen LogP contribution in [0.15, 0.2) is 18.3 Å². The lowest BCUT2D eigenvalue weighted by Crippen LogP contribution is -2.41. The van der Waals surface area contributed by atoms with Crippen molar-refractivity contribution in [2.24, 2.45) is 11.7 Å². The van der Waals surface area contributed by atoms with E-state index in [0.29, 0.717) is 11.6 Å². The Labute approximate surface area is 142 Å². The number of hydrogen-bond acceptors (Lipinski definition) is 4. The van der Waals surface area contributed by atoms with E-state index in [4.69, 9.17) is 17.3 Å². The first-order valence-corrected chi connectivity index (χ1v) is 6.85. The van der Waals surface area contributed by atoms with Gasteiger partial charge < -0.3 is 16.0 Å². The van der Waals surface area contributed by atoms with Crippen molar-refractivity contribution in [1.29, 1.82) is 0 Å². The molecule has 2 heterocycles. The summed E-state index contributed by atoms with van der Waals surface area (Å²) in [5.41, 5.74) is 5.49. The zero-order valence-electron chi connectivity index (χ0n) is 11.8. The summed E-state index contributed by atoms with van der Waals surface area (Å²) in [4.78, 5) is 18.2. The van der Waals surface area contributed by atoms with Crippen LogP contribution in [0.3, 0.4) is 0 Å². The third kappa shape index (κ3) is 5.18. The normalized spacial score (nSPS) is 18.4. The van der Waals surface area contributed by atoms with Crippen molar-refractivity contribution in [3.8, 4) is 0 Å². The summed E-state index contributed by atoms with van der Waals surface area (Å²) in [6.07, 6.45) is 2.62. The largest absolute Gasteiger partial charge is 0.353 e. The predicted molar refractivity (Wildman–Crippen MR) is 90.7 cm³/mol. The van der Waals surface area contributed by atoms with E-state index in [2.05, 4.69) is 15.2 Å². The van der Waals surface area contributed by atoms with Gasteiger partial charge in [0.25, 0.3) is 0 Å². The molecule has 1 saturated heterocycles.